The molecule has 1 aliphatic heterocycles. The second-order valence-corrected chi connectivity index (χ2v) is 7.54. The van der Waals surface area contributed by atoms with E-state index in [1.807, 2.05) is 44.2 Å². The standard InChI is InChI=1S/C21H25N5O2/c1-14(2)23-18(27)13-25-9-11-26(12-10-25)17-7-8-22-20-19(17)15-5-3-4-6-16(15)21(28)24-20/h3-8,14H,9-13H2,1-2H3,(H,23,27)(H,22,24,28). The molecule has 3 aromatic rings. The van der Waals surface area contributed by atoms with Gasteiger partial charge in [-0.1, -0.05) is 18.2 Å². The summed E-state index contributed by atoms with van der Waals surface area (Å²) in [5.74, 6) is 0.0707. The largest absolute Gasteiger partial charge is 0.368 e. The molecule has 0 aliphatic carbocycles. The number of carbonyl (C=O) groups excluding carboxylic acids is 1. The molecular weight excluding hydrogens is 354 g/mol. The summed E-state index contributed by atoms with van der Waals surface area (Å²) >= 11 is 0. The average molecular weight is 379 g/mol. The lowest BCUT2D eigenvalue weighted by molar-refractivity contribution is -0.122. The first-order valence-corrected chi connectivity index (χ1v) is 9.69. The molecule has 4 rings (SSSR count). The van der Waals surface area contributed by atoms with Crippen molar-refractivity contribution in [2.75, 3.05) is 37.6 Å². The van der Waals surface area contributed by atoms with E-state index in [9.17, 15) is 9.59 Å². The fourth-order valence-electron chi connectivity index (χ4n) is 3.87. The zero-order valence-corrected chi connectivity index (χ0v) is 16.2. The van der Waals surface area contributed by atoms with Crippen molar-refractivity contribution in [3.05, 3.63) is 46.9 Å². The number of aromatic amines is 1. The smallest absolute Gasteiger partial charge is 0.257 e. The van der Waals surface area contributed by atoms with Gasteiger partial charge in [0.05, 0.1) is 6.54 Å². The summed E-state index contributed by atoms with van der Waals surface area (Å²) in [4.78, 5) is 36.1. The zero-order chi connectivity index (χ0) is 19.7. The van der Waals surface area contributed by atoms with Gasteiger partial charge in [-0.25, -0.2) is 4.98 Å². The second kappa shape index (κ2) is 7.59. The van der Waals surface area contributed by atoms with E-state index in [1.54, 1.807) is 6.20 Å². The van der Waals surface area contributed by atoms with Gasteiger partial charge in [0.2, 0.25) is 5.91 Å². The van der Waals surface area contributed by atoms with E-state index >= 15 is 0 Å². The molecule has 1 aromatic carbocycles. The van der Waals surface area contributed by atoms with Gasteiger partial charge in [-0.05, 0) is 26.0 Å². The van der Waals surface area contributed by atoms with Gasteiger partial charge in [0.25, 0.3) is 5.56 Å². The first kappa shape index (κ1) is 18.4. The van der Waals surface area contributed by atoms with Gasteiger partial charge in [0, 0.05) is 60.3 Å². The molecule has 0 radical (unpaired) electrons. The lowest BCUT2D eigenvalue weighted by Gasteiger charge is -2.36. The van der Waals surface area contributed by atoms with E-state index in [-0.39, 0.29) is 17.5 Å². The van der Waals surface area contributed by atoms with E-state index in [1.165, 1.54) is 0 Å². The number of amides is 1. The van der Waals surface area contributed by atoms with Gasteiger partial charge in [-0.3, -0.25) is 14.5 Å². The number of piperazine rings is 1. The maximum Gasteiger partial charge on any atom is 0.257 e. The molecule has 28 heavy (non-hydrogen) atoms. The summed E-state index contributed by atoms with van der Waals surface area (Å²) in [5, 5.41) is 5.52. The number of nitrogens with zero attached hydrogens (tertiary/aromatic N) is 3. The molecule has 0 bridgehead atoms. The second-order valence-electron chi connectivity index (χ2n) is 7.54. The Morgan fingerprint density at radius 1 is 1.14 bits per heavy atom. The Balaban J connectivity index is 1.60. The minimum atomic E-state index is -0.117. The number of hydrogen-bond donors (Lipinski definition) is 2. The third-order valence-electron chi connectivity index (χ3n) is 5.13. The van der Waals surface area contributed by atoms with E-state index < -0.39 is 0 Å². The third-order valence-corrected chi connectivity index (χ3v) is 5.13. The summed E-state index contributed by atoms with van der Waals surface area (Å²) in [6.07, 6.45) is 1.74. The number of hydrogen-bond acceptors (Lipinski definition) is 5. The number of fused-ring (bicyclic) bond motifs is 3. The molecule has 1 amide bonds. The van der Waals surface area contributed by atoms with Crippen molar-refractivity contribution in [3.63, 3.8) is 0 Å². The van der Waals surface area contributed by atoms with E-state index in [0.717, 1.165) is 42.6 Å². The molecule has 3 heterocycles. The van der Waals surface area contributed by atoms with Crippen molar-refractivity contribution >= 4 is 33.4 Å². The van der Waals surface area contributed by atoms with Gasteiger partial charge in [0.15, 0.2) is 0 Å². The molecule has 1 aliphatic rings. The van der Waals surface area contributed by atoms with Gasteiger partial charge >= 0.3 is 0 Å². The van der Waals surface area contributed by atoms with Crippen LogP contribution in [0.5, 0.6) is 0 Å². The first-order chi connectivity index (χ1) is 13.5. The summed E-state index contributed by atoms with van der Waals surface area (Å²) in [5.41, 5.74) is 1.57. The van der Waals surface area contributed by atoms with Crippen LogP contribution in [-0.4, -0.2) is 59.5 Å². The van der Waals surface area contributed by atoms with Crippen LogP contribution < -0.4 is 15.8 Å². The Morgan fingerprint density at radius 3 is 2.57 bits per heavy atom. The summed E-state index contributed by atoms with van der Waals surface area (Å²) in [6, 6.07) is 9.81. The highest BCUT2D eigenvalue weighted by molar-refractivity contribution is 6.10. The van der Waals surface area contributed by atoms with Crippen LogP contribution in [0.2, 0.25) is 0 Å². The molecule has 146 valence electrons. The highest BCUT2D eigenvalue weighted by Crippen LogP contribution is 2.30. The third kappa shape index (κ3) is 3.57. The van der Waals surface area contributed by atoms with Gasteiger partial charge in [-0.15, -0.1) is 0 Å². The van der Waals surface area contributed by atoms with Crippen molar-refractivity contribution in [3.8, 4) is 0 Å². The number of H-pyrrole nitrogens is 1. The molecule has 2 N–H and O–H groups in total. The van der Waals surface area contributed by atoms with Crippen LogP contribution in [0.1, 0.15) is 13.8 Å². The Hall–Kier alpha value is -2.93. The molecule has 2 aromatic heterocycles. The number of aromatic nitrogens is 2. The molecule has 0 atom stereocenters. The zero-order valence-electron chi connectivity index (χ0n) is 16.2. The normalized spacial score (nSPS) is 15.5. The Kier molecular flexibility index (Phi) is 5.00. The minimum absolute atomic E-state index is 0.0707. The predicted octanol–water partition coefficient (Wildman–Crippen LogP) is 1.72. The van der Waals surface area contributed by atoms with Crippen LogP contribution in [0, 0.1) is 0 Å². The van der Waals surface area contributed by atoms with Crippen LogP contribution in [0.25, 0.3) is 21.8 Å². The summed E-state index contributed by atoms with van der Waals surface area (Å²) in [6.45, 7) is 7.65. The van der Waals surface area contributed by atoms with Gasteiger partial charge in [-0.2, -0.15) is 0 Å². The number of anilines is 1. The topological polar surface area (TPSA) is 81.3 Å². The SMILES string of the molecule is CC(C)NC(=O)CN1CCN(c2ccnc3[nH]c(=O)c4ccccc4c23)CC1. The quantitative estimate of drug-likeness (QED) is 0.675. The maximum atomic E-state index is 12.3. The fraction of sp³-hybridized carbons (Fsp3) is 0.381. The summed E-state index contributed by atoms with van der Waals surface area (Å²) in [7, 11) is 0. The molecule has 0 unspecified atom stereocenters. The highest BCUT2D eigenvalue weighted by Gasteiger charge is 2.22. The molecule has 7 heteroatoms. The Labute approximate surface area is 163 Å². The highest BCUT2D eigenvalue weighted by atomic mass is 16.2. The monoisotopic (exact) mass is 379 g/mol. The number of carbonyl (C=O) groups is 1. The lowest BCUT2D eigenvalue weighted by atomic mass is 10.1. The maximum absolute atomic E-state index is 12.3. The Bertz CT molecular complexity index is 1070. The van der Waals surface area contributed by atoms with Crippen LogP contribution >= 0.6 is 0 Å². The number of pyridine rings is 2. The number of nitrogens with one attached hydrogen (secondary N) is 2. The molecule has 1 fully saturated rings. The first-order valence-electron chi connectivity index (χ1n) is 9.69. The minimum Gasteiger partial charge on any atom is -0.368 e. The molecular formula is C21H25N5O2. The van der Waals surface area contributed by atoms with Crippen molar-refractivity contribution in [1.29, 1.82) is 0 Å². The summed E-state index contributed by atoms with van der Waals surface area (Å²) < 4.78 is 0. The number of rotatable bonds is 4. The van der Waals surface area contributed by atoms with E-state index in [0.29, 0.717) is 17.6 Å². The fourth-order valence-corrected chi connectivity index (χ4v) is 3.87. The number of benzene rings is 1. The lowest BCUT2D eigenvalue weighted by Crippen LogP contribution is -2.50. The van der Waals surface area contributed by atoms with Crippen LogP contribution in [0.3, 0.4) is 0 Å². The molecule has 1 saturated heterocycles. The molecule has 7 nitrogen and oxygen atoms in total. The predicted molar refractivity (Wildman–Crippen MR) is 112 cm³/mol. The van der Waals surface area contributed by atoms with Crippen molar-refractivity contribution in [2.45, 2.75) is 19.9 Å². The molecule has 0 spiro atoms. The van der Waals surface area contributed by atoms with Crippen LogP contribution in [0.4, 0.5) is 5.69 Å². The Morgan fingerprint density at radius 2 is 1.86 bits per heavy atom. The van der Waals surface area contributed by atoms with Crippen molar-refractivity contribution < 1.29 is 4.79 Å². The van der Waals surface area contributed by atoms with E-state index in [2.05, 4.69) is 25.1 Å². The van der Waals surface area contributed by atoms with Crippen molar-refractivity contribution in [1.82, 2.24) is 20.2 Å². The van der Waals surface area contributed by atoms with E-state index in [4.69, 9.17) is 0 Å². The molecule has 0 saturated carbocycles. The van der Waals surface area contributed by atoms with Crippen LogP contribution in [-0.2, 0) is 4.79 Å². The van der Waals surface area contributed by atoms with Crippen molar-refractivity contribution in [2.24, 2.45) is 0 Å². The van der Waals surface area contributed by atoms with Gasteiger partial charge < -0.3 is 15.2 Å². The van der Waals surface area contributed by atoms with Crippen LogP contribution in [0.15, 0.2) is 41.3 Å². The van der Waals surface area contributed by atoms with Gasteiger partial charge in [0.1, 0.15) is 5.65 Å². The average Bonchev–Trinajstić information content (AvgIpc) is 2.68.